The molecule has 1 aliphatic heterocycles. The van der Waals surface area contributed by atoms with Crippen molar-refractivity contribution in [1.82, 2.24) is 15.5 Å². The van der Waals surface area contributed by atoms with Crippen molar-refractivity contribution in [3.05, 3.63) is 0 Å². The van der Waals surface area contributed by atoms with Gasteiger partial charge in [-0.1, -0.05) is 26.2 Å². The minimum absolute atomic E-state index is 0.165. The molecule has 1 heterocycles. The number of unbranched alkanes of at least 4 members (excludes halogenated alkanes) is 2. The Morgan fingerprint density at radius 3 is 2.53 bits per heavy atom. The molecule has 0 aromatic rings. The van der Waals surface area contributed by atoms with E-state index in [0.717, 1.165) is 32.6 Å². The van der Waals surface area contributed by atoms with Gasteiger partial charge < -0.3 is 10.6 Å². The molecule has 1 fully saturated rings. The van der Waals surface area contributed by atoms with Crippen molar-refractivity contribution in [2.45, 2.75) is 65.0 Å². The van der Waals surface area contributed by atoms with Crippen LogP contribution < -0.4 is 10.6 Å². The second-order valence-electron chi connectivity index (χ2n) is 6.17. The van der Waals surface area contributed by atoms with Crippen molar-refractivity contribution in [2.24, 2.45) is 0 Å². The maximum atomic E-state index is 12.4. The van der Waals surface area contributed by atoms with Gasteiger partial charge in [0.2, 0.25) is 5.91 Å². The van der Waals surface area contributed by atoms with Gasteiger partial charge in [-0.3, -0.25) is 9.69 Å². The van der Waals surface area contributed by atoms with Crippen LogP contribution in [-0.2, 0) is 4.79 Å². The minimum atomic E-state index is -0.402. The Labute approximate surface area is 118 Å². The third-order valence-corrected chi connectivity index (χ3v) is 4.08. The van der Waals surface area contributed by atoms with E-state index in [0.29, 0.717) is 0 Å². The van der Waals surface area contributed by atoms with Gasteiger partial charge in [-0.2, -0.15) is 0 Å². The Kier molecular flexibility index (Phi) is 6.80. The van der Waals surface area contributed by atoms with Crippen LogP contribution in [0.3, 0.4) is 0 Å². The molecule has 2 N–H and O–H groups in total. The fourth-order valence-corrected chi connectivity index (χ4v) is 2.54. The SMILES string of the molecule is CCCCCC(C)NC(=O)C(C)(C)N1CCNCC1. The van der Waals surface area contributed by atoms with Gasteiger partial charge in [-0.05, 0) is 27.2 Å². The number of piperazine rings is 1. The molecule has 1 rings (SSSR count). The maximum absolute atomic E-state index is 12.4. The van der Waals surface area contributed by atoms with Crippen LogP contribution in [0, 0.1) is 0 Å². The third kappa shape index (κ3) is 5.11. The number of carbonyl (C=O) groups is 1. The summed E-state index contributed by atoms with van der Waals surface area (Å²) < 4.78 is 0. The molecule has 19 heavy (non-hydrogen) atoms. The summed E-state index contributed by atoms with van der Waals surface area (Å²) in [5.74, 6) is 0.165. The Bertz CT molecular complexity index is 273. The Hall–Kier alpha value is -0.610. The average Bonchev–Trinajstić information content (AvgIpc) is 2.40. The lowest BCUT2D eigenvalue weighted by Crippen LogP contribution is -2.60. The van der Waals surface area contributed by atoms with Gasteiger partial charge in [-0.15, -0.1) is 0 Å². The van der Waals surface area contributed by atoms with Crippen molar-refractivity contribution in [1.29, 1.82) is 0 Å². The summed E-state index contributed by atoms with van der Waals surface area (Å²) in [5.41, 5.74) is -0.402. The molecule has 1 aliphatic rings. The first-order chi connectivity index (χ1) is 8.98. The zero-order valence-corrected chi connectivity index (χ0v) is 13.1. The molecule has 0 spiro atoms. The summed E-state index contributed by atoms with van der Waals surface area (Å²) in [5, 5.41) is 6.50. The van der Waals surface area contributed by atoms with E-state index >= 15 is 0 Å². The molecule has 0 saturated carbocycles. The monoisotopic (exact) mass is 269 g/mol. The summed E-state index contributed by atoms with van der Waals surface area (Å²) in [4.78, 5) is 14.7. The minimum Gasteiger partial charge on any atom is -0.352 e. The van der Waals surface area contributed by atoms with E-state index in [1.807, 2.05) is 13.8 Å². The van der Waals surface area contributed by atoms with E-state index in [2.05, 4.69) is 29.4 Å². The first-order valence-corrected chi connectivity index (χ1v) is 7.75. The molecule has 0 aliphatic carbocycles. The third-order valence-electron chi connectivity index (χ3n) is 4.08. The quantitative estimate of drug-likeness (QED) is 0.692. The zero-order valence-electron chi connectivity index (χ0n) is 13.1. The Balaban J connectivity index is 2.41. The lowest BCUT2D eigenvalue weighted by molar-refractivity contribution is -0.132. The highest BCUT2D eigenvalue weighted by Gasteiger charge is 2.35. The predicted molar refractivity (Wildman–Crippen MR) is 80.3 cm³/mol. The summed E-state index contributed by atoms with van der Waals surface area (Å²) >= 11 is 0. The predicted octanol–water partition coefficient (Wildman–Crippen LogP) is 1.76. The van der Waals surface area contributed by atoms with Crippen molar-refractivity contribution in [3.63, 3.8) is 0 Å². The maximum Gasteiger partial charge on any atom is 0.240 e. The van der Waals surface area contributed by atoms with Crippen LogP contribution in [0.25, 0.3) is 0 Å². The first kappa shape index (κ1) is 16.4. The van der Waals surface area contributed by atoms with E-state index in [1.165, 1.54) is 19.3 Å². The number of hydrogen-bond donors (Lipinski definition) is 2. The van der Waals surface area contributed by atoms with Crippen LogP contribution in [0.2, 0.25) is 0 Å². The molecular formula is C15H31N3O. The smallest absolute Gasteiger partial charge is 0.240 e. The average molecular weight is 269 g/mol. The fourth-order valence-electron chi connectivity index (χ4n) is 2.54. The summed E-state index contributed by atoms with van der Waals surface area (Å²) in [7, 11) is 0. The van der Waals surface area contributed by atoms with Crippen molar-refractivity contribution in [2.75, 3.05) is 26.2 Å². The topological polar surface area (TPSA) is 44.4 Å². The van der Waals surface area contributed by atoms with Crippen molar-refractivity contribution in [3.8, 4) is 0 Å². The number of hydrogen-bond acceptors (Lipinski definition) is 3. The number of nitrogens with zero attached hydrogens (tertiary/aromatic N) is 1. The second-order valence-corrected chi connectivity index (χ2v) is 6.17. The van der Waals surface area contributed by atoms with Crippen LogP contribution in [0.5, 0.6) is 0 Å². The number of nitrogens with one attached hydrogen (secondary N) is 2. The molecule has 0 aromatic heterocycles. The molecule has 4 heteroatoms. The summed E-state index contributed by atoms with van der Waals surface area (Å²) in [6.45, 7) is 12.2. The molecule has 1 atom stereocenters. The molecule has 1 unspecified atom stereocenters. The van der Waals surface area contributed by atoms with Crippen LogP contribution in [0.1, 0.15) is 53.4 Å². The van der Waals surface area contributed by atoms with Gasteiger partial charge in [0.1, 0.15) is 0 Å². The lowest BCUT2D eigenvalue weighted by Gasteiger charge is -2.40. The molecule has 0 bridgehead atoms. The summed E-state index contributed by atoms with van der Waals surface area (Å²) in [6, 6.07) is 0.279. The molecule has 4 nitrogen and oxygen atoms in total. The molecule has 1 saturated heterocycles. The lowest BCUT2D eigenvalue weighted by atomic mass is 9.99. The van der Waals surface area contributed by atoms with Crippen LogP contribution in [0.4, 0.5) is 0 Å². The zero-order chi connectivity index (χ0) is 14.3. The molecule has 0 radical (unpaired) electrons. The molecule has 112 valence electrons. The number of carbonyl (C=O) groups excluding carboxylic acids is 1. The van der Waals surface area contributed by atoms with Crippen LogP contribution in [0.15, 0.2) is 0 Å². The number of amides is 1. The largest absolute Gasteiger partial charge is 0.352 e. The molecular weight excluding hydrogens is 238 g/mol. The normalized spacial score (nSPS) is 19.2. The van der Waals surface area contributed by atoms with Crippen molar-refractivity contribution < 1.29 is 4.79 Å². The van der Waals surface area contributed by atoms with E-state index in [1.54, 1.807) is 0 Å². The summed E-state index contributed by atoms with van der Waals surface area (Å²) in [6.07, 6.45) is 4.76. The highest BCUT2D eigenvalue weighted by molar-refractivity contribution is 5.85. The second kappa shape index (κ2) is 7.85. The van der Waals surface area contributed by atoms with Crippen LogP contribution >= 0.6 is 0 Å². The Morgan fingerprint density at radius 1 is 1.32 bits per heavy atom. The van der Waals surface area contributed by atoms with E-state index in [4.69, 9.17) is 0 Å². The number of rotatable bonds is 7. The van der Waals surface area contributed by atoms with Gasteiger partial charge in [0.15, 0.2) is 0 Å². The van der Waals surface area contributed by atoms with Crippen molar-refractivity contribution >= 4 is 5.91 Å². The Morgan fingerprint density at radius 2 is 1.95 bits per heavy atom. The standard InChI is InChI=1S/C15H31N3O/c1-5-6-7-8-13(2)17-14(19)15(3,4)18-11-9-16-10-12-18/h13,16H,5-12H2,1-4H3,(H,17,19). The van der Waals surface area contributed by atoms with Crippen LogP contribution in [-0.4, -0.2) is 48.6 Å². The van der Waals surface area contributed by atoms with E-state index in [-0.39, 0.29) is 11.9 Å². The van der Waals surface area contributed by atoms with E-state index < -0.39 is 5.54 Å². The first-order valence-electron chi connectivity index (χ1n) is 7.75. The van der Waals surface area contributed by atoms with Gasteiger partial charge in [-0.25, -0.2) is 0 Å². The van der Waals surface area contributed by atoms with E-state index in [9.17, 15) is 4.79 Å². The van der Waals surface area contributed by atoms with Gasteiger partial charge in [0, 0.05) is 32.2 Å². The van der Waals surface area contributed by atoms with Gasteiger partial charge in [0.05, 0.1) is 5.54 Å². The molecule has 1 amide bonds. The highest BCUT2D eigenvalue weighted by atomic mass is 16.2. The highest BCUT2D eigenvalue weighted by Crippen LogP contribution is 2.16. The van der Waals surface area contributed by atoms with Gasteiger partial charge in [0.25, 0.3) is 0 Å². The van der Waals surface area contributed by atoms with Gasteiger partial charge >= 0.3 is 0 Å². The molecule has 0 aromatic carbocycles. The fraction of sp³-hybridized carbons (Fsp3) is 0.933.